The molecule has 1 saturated carbocycles. The number of rotatable bonds is 11. The van der Waals surface area contributed by atoms with Crippen LogP contribution in [0.2, 0.25) is 0 Å². The molecule has 0 aromatic carbocycles. The lowest BCUT2D eigenvalue weighted by Crippen LogP contribution is -2.47. The molecule has 3 heterocycles. The Morgan fingerprint density at radius 1 is 1.14 bits per heavy atom. The largest absolute Gasteiger partial charge is 0.463 e. The van der Waals surface area contributed by atoms with Gasteiger partial charge in [-0.1, -0.05) is 57.3 Å². The lowest BCUT2D eigenvalue weighted by Gasteiger charge is -2.26. The van der Waals surface area contributed by atoms with Crippen LogP contribution in [0.4, 0.5) is 0 Å². The fraction of sp³-hybridized carbons (Fsp3) is 0.667. The molecule has 1 aliphatic carbocycles. The molecule has 3 saturated heterocycles. The molecule has 1 N–H and O–H groups in total. The third kappa shape index (κ3) is 5.70. The zero-order valence-corrected chi connectivity index (χ0v) is 21.1. The number of ether oxygens (including phenoxy) is 4. The van der Waals surface area contributed by atoms with Crippen LogP contribution in [0.5, 0.6) is 0 Å². The number of allylic oxidation sites excluding steroid dienone is 3. The first-order valence-electron chi connectivity index (χ1n) is 12.9. The van der Waals surface area contributed by atoms with Gasteiger partial charge >= 0.3 is 11.9 Å². The molecule has 1 amide bonds. The molecule has 6 unspecified atom stereocenters. The van der Waals surface area contributed by atoms with Gasteiger partial charge in [0.2, 0.25) is 5.91 Å². The summed E-state index contributed by atoms with van der Waals surface area (Å²) in [6, 6.07) is -0.765. The van der Waals surface area contributed by atoms with E-state index in [1.165, 1.54) is 37.8 Å². The monoisotopic (exact) mass is 487 g/mol. The quantitative estimate of drug-likeness (QED) is 0.157. The summed E-state index contributed by atoms with van der Waals surface area (Å²) in [6.45, 7) is 8.41. The zero-order valence-electron chi connectivity index (χ0n) is 21.1. The normalized spacial score (nSPS) is 33.7. The summed E-state index contributed by atoms with van der Waals surface area (Å²) in [4.78, 5) is 37.0. The van der Waals surface area contributed by atoms with Crippen molar-refractivity contribution >= 4 is 17.8 Å². The van der Waals surface area contributed by atoms with Crippen LogP contribution in [0.25, 0.3) is 0 Å². The Morgan fingerprint density at radius 3 is 2.51 bits per heavy atom. The smallest absolute Gasteiger partial charge is 0.330 e. The number of carbonyl (C=O) groups is 3. The highest BCUT2D eigenvalue weighted by molar-refractivity contribution is 5.92. The highest BCUT2D eigenvalue weighted by Crippen LogP contribution is 2.60. The van der Waals surface area contributed by atoms with Crippen molar-refractivity contribution in [3.63, 3.8) is 0 Å². The van der Waals surface area contributed by atoms with Crippen LogP contribution in [0.15, 0.2) is 35.5 Å². The minimum absolute atomic E-state index is 0.282. The second-order valence-electron chi connectivity index (χ2n) is 10.1. The Balaban J connectivity index is 1.29. The number of carbonyl (C=O) groups excluding carboxylic acids is 3. The molecular formula is C27H37NO7. The van der Waals surface area contributed by atoms with Gasteiger partial charge in [0.1, 0.15) is 30.5 Å². The van der Waals surface area contributed by atoms with E-state index in [0.717, 1.165) is 17.6 Å². The predicted octanol–water partition coefficient (Wildman–Crippen LogP) is 3.30. The van der Waals surface area contributed by atoms with E-state index in [4.69, 9.17) is 18.9 Å². The van der Waals surface area contributed by atoms with Crippen LogP contribution in [-0.2, 0) is 33.3 Å². The van der Waals surface area contributed by atoms with Gasteiger partial charge in [-0.3, -0.25) is 4.79 Å². The molecule has 3 aliphatic heterocycles. The van der Waals surface area contributed by atoms with Crippen LogP contribution in [0.1, 0.15) is 66.2 Å². The van der Waals surface area contributed by atoms with Crippen molar-refractivity contribution in [2.45, 2.75) is 102 Å². The van der Waals surface area contributed by atoms with Gasteiger partial charge in [0, 0.05) is 18.6 Å². The number of hydrogen-bond donors (Lipinski definition) is 1. The maximum atomic E-state index is 12.6. The SMILES string of the molecule is CCCCCCC(C)/C=C(C)/C=C/C(=O)NC1CC2(OC1=O)C1OC1C(=CC(=O)OCC)C1OC12. The average Bonchev–Trinajstić information content (AvgIpc) is 3.72. The average molecular weight is 488 g/mol. The third-order valence-corrected chi connectivity index (χ3v) is 7.15. The summed E-state index contributed by atoms with van der Waals surface area (Å²) in [5, 5.41) is 2.77. The maximum Gasteiger partial charge on any atom is 0.330 e. The predicted molar refractivity (Wildman–Crippen MR) is 128 cm³/mol. The van der Waals surface area contributed by atoms with Crippen molar-refractivity contribution in [3.05, 3.63) is 35.5 Å². The van der Waals surface area contributed by atoms with Crippen LogP contribution in [-0.4, -0.2) is 60.5 Å². The standard InChI is InChI=1S/C27H37NO7/c1-5-7-8-9-10-16(3)13-17(4)11-12-20(29)28-19-15-27(35-26(19)31)24-22(33-24)18(23-25(27)34-23)14-21(30)32-6-2/h11-14,16,19,22-25H,5-10,15H2,1-4H3,(H,28,29)/b12-11+,17-13+,18-14?. The van der Waals surface area contributed by atoms with Crippen molar-refractivity contribution in [2.24, 2.45) is 5.92 Å². The summed E-state index contributed by atoms with van der Waals surface area (Å²) in [6.07, 6.45) is 11.8. The third-order valence-electron chi connectivity index (χ3n) is 7.15. The van der Waals surface area contributed by atoms with Crippen molar-refractivity contribution < 1.29 is 33.3 Å². The lowest BCUT2D eigenvalue weighted by molar-refractivity contribution is -0.153. The van der Waals surface area contributed by atoms with Crippen molar-refractivity contribution in [1.29, 1.82) is 0 Å². The van der Waals surface area contributed by atoms with Gasteiger partial charge in [-0.05, 0) is 31.8 Å². The number of amides is 1. The first kappa shape index (κ1) is 25.6. The van der Waals surface area contributed by atoms with Crippen LogP contribution < -0.4 is 5.32 Å². The zero-order chi connectivity index (χ0) is 25.2. The molecule has 192 valence electrons. The maximum absolute atomic E-state index is 12.6. The summed E-state index contributed by atoms with van der Waals surface area (Å²) >= 11 is 0. The molecule has 0 aromatic rings. The minimum atomic E-state index is -0.927. The van der Waals surface area contributed by atoms with Gasteiger partial charge in [-0.2, -0.15) is 0 Å². The van der Waals surface area contributed by atoms with E-state index in [1.807, 2.05) is 6.92 Å². The van der Waals surface area contributed by atoms with Gasteiger partial charge in [0.05, 0.1) is 6.61 Å². The number of hydrogen-bond acceptors (Lipinski definition) is 7. The fourth-order valence-electron chi connectivity index (χ4n) is 5.35. The topological polar surface area (TPSA) is 107 Å². The summed E-state index contributed by atoms with van der Waals surface area (Å²) in [5.41, 5.74) is 0.825. The number of esters is 2. The molecule has 8 heteroatoms. The summed E-state index contributed by atoms with van der Waals surface area (Å²) < 4.78 is 22.4. The Bertz CT molecular complexity index is 916. The van der Waals surface area contributed by atoms with Crippen LogP contribution >= 0.6 is 0 Å². The number of nitrogens with one attached hydrogen (secondary N) is 1. The van der Waals surface area contributed by atoms with Gasteiger partial charge in [-0.25, -0.2) is 9.59 Å². The molecule has 0 radical (unpaired) electrons. The second kappa shape index (κ2) is 10.7. The van der Waals surface area contributed by atoms with Crippen LogP contribution in [0.3, 0.4) is 0 Å². The minimum Gasteiger partial charge on any atom is -0.463 e. The molecule has 4 rings (SSSR count). The highest BCUT2D eigenvalue weighted by Gasteiger charge is 2.78. The van der Waals surface area contributed by atoms with E-state index in [9.17, 15) is 14.4 Å². The first-order valence-corrected chi connectivity index (χ1v) is 12.9. The van der Waals surface area contributed by atoms with Gasteiger partial charge in [0.15, 0.2) is 5.60 Å². The van der Waals surface area contributed by atoms with E-state index in [0.29, 0.717) is 5.92 Å². The van der Waals surface area contributed by atoms with Gasteiger partial charge in [-0.15, -0.1) is 0 Å². The van der Waals surface area contributed by atoms with E-state index >= 15 is 0 Å². The number of epoxide rings is 2. The van der Waals surface area contributed by atoms with E-state index in [-0.39, 0.29) is 43.4 Å². The molecule has 0 bridgehead atoms. The van der Waals surface area contributed by atoms with Crippen molar-refractivity contribution in [3.8, 4) is 0 Å². The van der Waals surface area contributed by atoms with Crippen molar-refractivity contribution in [2.75, 3.05) is 6.61 Å². The van der Waals surface area contributed by atoms with Crippen molar-refractivity contribution in [1.82, 2.24) is 5.32 Å². The Morgan fingerprint density at radius 2 is 1.86 bits per heavy atom. The Labute approximate surface area is 207 Å². The molecular weight excluding hydrogens is 450 g/mol. The Kier molecular flexibility index (Phi) is 7.81. The molecule has 4 aliphatic rings. The first-order chi connectivity index (χ1) is 16.8. The van der Waals surface area contributed by atoms with E-state index in [1.54, 1.807) is 13.0 Å². The molecule has 35 heavy (non-hydrogen) atoms. The van der Waals surface area contributed by atoms with Gasteiger partial charge in [0.25, 0.3) is 0 Å². The number of unbranched alkanes of at least 4 members (excludes halogenated alkanes) is 3. The molecule has 0 aromatic heterocycles. The molecule has 6 atom stereocenters. The lowest BCUT2D eigenvalue weighted by atomic mass is 9.79. The highest BCUT2D eigenvalue weighted by atomic mass is 16.7. The van der Waals surface area contributed by atoms with E-state index < -0.39 is 23.6 Å². The summed E-state index contributed by atoms with van der Waals surface area (Å²) in [5.74, 6) is -0.803. The number of fused-ring (bicyclic) bond motifs is 4. The fourth-order valence-corrected chi connectivity index (χ4v) is 5.35. The summed E-state index contributed by atoms with van der Waals surface area (Å²) in [7, 11) is 0. The van der Waals surface area contributed by atoms with Gasteiger partial charge < -0.3 is 24.3 Å². The van der Waals surface area contributed by atoms with Crippen LogP contribution in [0, 0.1) is 5.92 Å². The molecule has 1 spiro atoms. The second-order valence-corrected chi connectivity index (χ2v) is 10.1. The van der Waals surface area contributed by atoms with E-state index in [2.05, 4.69) is 25.2 Å². The Hall–Kier alpha value is -2.45. The molecule has 4 fully saturated rings. The molecule has 8 nitrogen and oxygen atoms in total.